The Balaban J connectivity index is 1.99. The van der Waals surface area contributed by atoms with E-state index >= 15 is 0 Å². The molecule has 2 heterocycles. The number of amides is 1. The summed E-state index contributed by atoms with van der Waals surface area (Å²) in [7, 11) is 0. The van der Waals surface area contributed by atoms with E-state index < -0.39 is 34.0 Å². The highest BCUT2D eigenvalue weighted by Gasteiger charge is 2.50. The first kappa shape index (κ1) is 22.4. The molecule has 0 aliphatic carbocycles. The van der Waals surface area contributed by atoms with Gasteiger partial charge in [-0.25, -0.2) is 4.79 Å². The summed E-state index contributed by atoms with van der Waals surface area (Å²) < 4.78 is 5.44. The molecule has 28 heavy (non-hydrogen) atoms. The standard InChI is InChI=1S/C21H30N2O4S/c1-6-20(2,3)17(24)18(25)23-16(14-28-21(23,4)5)19(26)27-12-8-10-15-9-7-11-22-13-15/h7,9,11,13,16H,6,8,10,12,14H2,1-5H3/t16-/m0/s1. The van der Waals surface area contributed by atoms with Crippen molar-refractivity contribution in [3.05, 3.63) is 30.1 Å². The lowest BCUT2D eigenvalue weighted by Crippen LogP contribution is -2.54. The van der Waals surface area contributed by atoms with Crippen molar-refractivity contribution in [3.63, 3.8) is 0 Å². The molecule has 154 valence electrons. The first-order chi connectivity index (χ1) is 13.1. The van der Waals surface area contributed by atoms with Crippen molar-refractivity contribution in [1.82, 2.24) is 9.88 Å². The molecule has 1 aliphatic rings. The zero-order chi connectivity index (χ0) is 20.9. The number of aromatic nitrogens is 1. The number of rotatable bonds is 8. The van der Waals surface area contributed by atoms with E-state index in [9.17, 15) is 14.4 Å². The minimum atomic E-state index is -0.751. The summed E-state index contributed by atoms with van der Waals surface area (Å²) in [5, 5.41) is 0. The monoisotopic (exact) mass is 406 g/mol. The van der Waals surface area contributed by atoms with Crippen LogP contribution in [0.3, 0.4) is 0 Å². The van der Waals surface area contributed by atoms with Gasteiger partial charge in [0, 0.05) is 23.6 Å². The third kappa shape index (κ3) is 5.13. The Morgan fingerprint density at radius 3 is 2.68 bits per heavy atom. The van der Waals surface area contributed by atoms with Crippen LogP contribution < -0.4 is 0 Å². The molecule has 1 saturated heterocycles. The zero-order valence-corrected chi connectivity index (χ0v) is 18.2. The minimum Gasteiger partial charge on any atom is -0.464 e. The molecule has 1 fully saturated rings. The van der Waals surface area contributed by atoms with Crippen molar-refractivity contribution in [3.8, 4) is 0 Å². The molecule has 1 aromatic heterocycles. The van der Waals surface area contributed by atoms with Gasteiger partial charge in [0.05, 0.1) is 11.5 Å². The van der Waals surface area contributed by atoms with Gasteiger partial charge in [-0.3, -0.25) is 14.6 Å². The van der Waals surface area contributed by atoms with Gasteiger partial charge in [0.2, 0.25) is 5.78 Å². The van der Waals surface area contributed by atoms with Gasteiger partial charge in [-0.15, -0.1) is 11.8 Å². The van der Waals surface area contributed by atoms with E-state index in [4.69, 9.17) is 4.74 Å². The van der Waals surface area contributed by atoms with Crippen molar-refractivity contribution < 1.29 is 19.1 Å². The predicted octanol–water partition coefficient (Wildman–Crippen LogP) is 3.24. The summed E-state index contributed by atoms with van der Waals surface area (Å²) in [6, 6.07) is 3.12. The lowest BCUT2D eigenvalue weighted by Gasteiger charge is -2.35. The van der Waals surface area contributed by atoms with Gasteiger partial charge >= 0.3 is 5.97 Å². The second kappa shape index (κ2) is 9.07. The van der Waals surface area contributed by atoms with E-state index in [1.807, 2.05) is 32.9 Å². The highest BCUT2D eigenvalue weighted by Crippen LogP contribution is 2.40. The Morgan fingerprint density at radius 1 is 1.36 bits per heavy atom. The summed E-state index contributed by atoms with van der Waals surface area (Å²) in [4.78, 5) is 43.1. The fraction of sp³-hybridized carbons (Fsp3) is 0.619. The van der Waals surface area contributed by atoms with Crippen LogP contribution in [-0.2, 0) is 25.5 Å². The summed E-state index contributed by atoms with van der Waals surface area (Å²) in [6.07, 6.45) is 5.51. The number of nitrogens with zero attached hydrogens (tertiary/aromatic N) is 2. The zero-order valence-electron chi connectivity index (χ0n) is 17.4. The molecule has 0 unspecified atom stereocenters. The molecular formula is C21H30N2O4S. The number of thioether (sulfide) groups is 1. The Hall–Kier alpha value is -1.89. The van der Waals surface area contributed by atoms with Crippen molar-refractivity contribution in [2.45, 2.75) is 64.8 Å². The van der Waals surface area contributed by atoms with Gasteiger partial charge in [-0.05, 0) is 44.7 Å². The second-order valence-electron chi connectivity index (χ2n) is 8.15. The minimum absolute atomic E-state index is 0.270. The van der Waals surface area contributed by atoms with Crippen LogP contribution in [0.1, 0.15) is 53.0 Å². The molecule has 1 aromatic rings. The van der Waals surface area contributed by atoms with E-state index in [1.165, 1.54) is 16.7 Å². The van der Waals surface area contributed by atoms with Gasteiger partial charge < -0.3 is 9.64 Å². The maximum absolute atomic E-state index is 12.9. The van der Waals surface area contributed by atoms with E-state index in [0.717, 1.165) is 12.0 Å². The lowest BCUT2D eigenvalue weighted by atomic mass is 9.84. The van der Waals surface area contributed by atoms with Crippen LogP contribution in [0.25, 0.3) is 0 Å². The molecule has 0 bridgehead atoms. The number of ether oxygens (including phenoxy) is 1. The van der Waals surface area contributed by atoms with Crippen LogP contribution in [0, 0.1) is 5.41 Å². The number of ketones is 1. The highest BCUT2D eigenvalue weighted by atomic mass is 32.2. The second-order valence-corrected chi connectivity index (χ2v) is 9.77. The average Bonchev–Trinajstić information content (AvgIpc) is 2.99. The molecule has 0 radical (unpaired) electrons. The molecule has 0 spiro atoms. The third-order valence-electron chi connectivity index (χ3n) is 5.25. The van der Waals surface area contributed by atoms with Gasteiger partial charge in [0.15, 0.2) is 0 Å². The molecule has 1 aliphatic heterocycles. The fourth-order valence-electron chi connectivity index (χ4n) is 3.01. The molecule has 1 atom stereocenters. The van der Waals surface area contributed by atoms with Crippen molar-refractivity contribution in [2.75, 3.05) is 12.4 Å². The SMILES string of the molecule is CCC(C)(C)C(=O)C(=O)N1[C@H](C(=O)OCCCc2cccnc2)CSC1(C)C. The topological polar surface area (TPSA) is 76.6 Å². The quantitative estimate of drug-likeness (QED) is 0.375. The maximum Gasteiger partial charge on any atom is 0.329 e. The number of carbonyl (C=O) groups is 3. The smallest absolute Gasteiger partial charge is 0.329 e. The summed E-state index contributed by atoms with van der Waals surface area (Å²) in [5.74, 6) is -1.07. The van der Waals surface area contributed by atoms with Gasteiger partial charge in [-0.1, -0.05) is 26.8 Å². The number of aryl methyl sites for hydroxylation is 1. The fourth-order valence-corrected chi connectivity index (χ4v) is 4.21. The van der Waals surface area contributed by atoms with Crippen LogP contribution in [-0.4, -0.2) is 50.8 Å². The van der Waals surface area contributed by atoms with E-state index in [-0.39, 0.29) is 6.61 Å². The van der Waals surface area contributed by atoms with Gasteiger partial charge in [0.1, 0.15) is 6.04 Å². The first-order valence-electron chi connectivity index (χ1n) is 9.67. The third-order valence-corrected chi connectivity index (χ3v) is 6.63. The molecule has 6 nitrogen and oxygen atoms in total. The van der Waals surface area contributed by atoms with E-state index in [1.54, 1.807) is 26.2 Å². The number of esters is 1. The van der Waals surface area contributed by atoms with Crippen LogP contribution in [0.4, 0.5) is 0 Å². The van der Waals surface area contributed by atoms with Crippen LogP contribution >= 0.6 is 11.8 Å². The van der Waals surface area contributed by atoms with Crippen molar-refractivity contribution in [2.24, 2.45) is 5.41 Å². The maximum atomic E-state index is 12.9. The Bertz CT molecular complexity index is 718. The van der Waals surface area contributed by atoms with Crippen LogP contribution in [0.15, 0.2) is 24.5 Å². The molecule has 1 amide bonds. The number of carbonyl (C=O) groups excluding carboxylic acids is 3. The Morgan fingerprint density at radius 2 is 2.07 bits per heavy atom. The van der Waals surface area contributed by atoms with Crippen molar-refractivity contribution >= 4 is 29.4 Å². The highest BCUT2D eigenvalue weighted by molar-refractivity contribution is 8.00. The average molecular weight is 407 g/mol. The lowest BCUT2D eigenvalue weighted by molar-refractivity contribution is -0.160. The van der Waals surface area contributed by atoms with E-state index in [0.29, 0.717) is 18.6 Å². The Kier molecular flexibility index (Phi) is 7.26. The normalized spacial score (nSPS) is 18.8. The predicted molar refractivity (Wildman–Crippen MR) is 110 cm³/mol. The van der Waals surface area contributed by atoms with Crippen LogP contribution in [0.2, 0.25) is 0 Å². The summed E-state index contributed by atoms with van der Waals surface area (Å²) >= 11 is 1.49. The van der Waals surface area contributed by atoms with Gasteiger partial charge in [0.25, 0.3) is 5.91 Å². The summed E-state index contributed by atoms with van der Waals surface area (Å²) in [6.45, 7) is 9.38. The molecule has 2 rings (SSSR count). The number of hydrogen-bond donors (Lipinski definition) is 0. The van der Waals surface area contributed by atoms with Crippen LogP contribution in [0.5, 0.6) is 0 Å². The number of Topliss-reactive ketones (excluding diaryl/α,β-unsaturated/α-hetero) is 1. The molecule has 0 saturated carbocycles. The van der Waals surface area contributed by atoms with Crippen molar-refractivity contribution in [1.29, 1.82) is 0 Å². The molecule has 7 heteroatoms. The molecule has 0 aromatic carbocycles. The molecular weight excluding hydrogens is 376 g/mol. The largest absolute Gasteiger partial charge is 0.464 e. The van der Waals surface area contributed by atoms with Gasteiger partial charge in [-0.2, -0.15) is 0 Å². The van der Waals surface area contributed by atoms with E-state index in [2.05, 4.69) is 4.98 Å². The summed E-state index contributed by atoms with van der Waals surface area (Å²) in [5.41, 5.74) is 0.332. The number of pyridine rings is 1. The first-order valence-corrected chi connectivity index (χ1v) is 10.7. The molecule has 0 N–H and O–H groups in total. The number of hydrogen-bond acceptors (Lipinski definition) is 6. The Labute approximate surface area is 171 Å².